The summed E-state index contributed by atoms with van der Waals surface area (Å²) in [5.74, 6) is 0.152. The van der Waals surface area contributed by atoms with Crippen LogP contribution in [-0.2, 0) is 0 Å². The first-order chi connectivity index (χ1) is 23.5. The summed E-state index contributed by atoms with van der Waals surface area (Å²) < 4.78 is 2.37. The van der Waals surface area contributed by atoms with Crippen LogP contribution in [0.2, 0.25) is 0 Å². The Hall–Kier alpha value is -5.86. The van der Waals surface area contributed by atoms with E-state index in [0.29, 0.717) is 0 Å². The fraction of sp³-hybridized carbons (Fsp3) is 0.0870. The van der Waals surface area contributed by atoms with Crippen molar-refractivity contribution in [2.75, 3.05) is 4.90 Å². The van der Waals surface area contributed by atoms with Gasteiger partial charge in [-0.25, -0.2) is 0 Å². The molecule has 0 saturated heterocycles. The van der Waals surface area contributed by atoms with Crippen LogP contribution in [-0.4, -0.2) is 4.57 Å². The molecule has 48 heavy (non-hydrogen) atoms. The molecule has 5 aromatic rings. The van der Waals surface area contributed by atoms with E-state index in [-0.39, 0.29) is 5.92 Å². The van der Waals surface area contributed by atoms with Crippen molar-refractivity contribution in [1.82, 2.24) is 4.57 Å². The topological polar surface area (TPSA) is 8.17 Å². The second-order valence-corrected chi connectivity index (χ2v) is 11.9. The van der Waals surface area contributed by atoms with Crippen LogP contribution in [0.15, 0.2) is 182 Å². The van der Waals surface area contributed by atoms with Crippen LogP contribution in [0.1, 0.15) is 37.5 Å². The van der Waals surface area contributed by atoms with E-state index in [9.17, 15) is 0 Å². The third-order valence-corrected chi connectivity index (χ3v) is 8.62. The molecular weight excluding hydrogens is 581 g/mol. The van der Waals surface area contributed by atoms with Crippen molar-refractivity contribution in [1.29, 1.82) is 0 Å². The first kappa shape index (κ1) is 32.1. The average molecular weight is 623 g/mol. The highest BCUT2D eigenvalue weighted by atomic mass is 15.2. The molecule has 4 aromatic carbocycles. The van der Waals surface area contributed by atoms with E-state index in [0.717, 1.165) is 33.9 Å². The minimum Gasteiger partial charge on any atom is -0.311 e. The van der Waals surface area contributed by atoms with Gasteiger partial charge in [0.2, 0.25) is 0 Å². The van der Waals surface area contributed by atoms with Crippen molar-refractivity contribution >= 4 is 45.2 Å². The number of para-hydroxylation sites is 2. The number of benzene rings is 4. The molecule has 2 nitrogen and oxygen atoms in total. The molecule has 236 valence electrons. The van der Waals surface area contributed by atoms with Crippen molar-refractivity contribution < 1.29 is 0 Å². The maximum absolute atomic E-state index is 4.57. The molecule has 0 aliphatic carbocycles. The second kappa shape index (κ2) is 14.7. The van der Waals surface area contributed by atoms with Crippen LogP contribution >= 0.6 is 0 Å². The summed E-state index contributed by atoms with van der Waals surface area (Å²) in [6.07, 6.45) is 27.0. The molecule has 1 atom stereocenters. The molecule has 0 amide bonds. The molecule has 0 saturated carbocycles. The van der Waals surface area contributed by atoms with Crippen LogP contribution in [0.5, 0.6) is 0 Å². The van der Waals surface area contributed by atoms with Gasteiger partial charge in [0.25, 0.3) is 0 Å². The molecule has 2 heteroatoms. The van der Waals surface area contributed by atoms with Crippen LogP contribution in [0.4, 0.5) is 5.69 Å². The van der Waals surface area contributed by atoms with Gasteiger partial charge in [0, 0.05) is 33.8 Å². The molecule has 1 aliphatic heterocycles. The maximum atomic E-state index is 4.57. The molecule has 1 aliphatic rings. The van der Waals surface area contributed by atoms with E-state index >= 15 is 0 Å². The first-order valence-electron chi connectivity index (χ1n) is 16.6. The summed E-state index contributed by atoms with van der Waals surface area (Å²) >= 11 is 0. The average Bonchev–Trinajstić information content (AvgIpc) is 3.37. The number of aromatic nitrogens is 1. The zero-order chi connectivity index (χ0) is 33.5. The van der Waals surface area contributed by atoms with Crippen molar-refractivity contribution in [3.63, 3.8) is 0 Å². The predicted molar refractivity (Wildman–Crippen MR) is 211 cm³/mol. The zero-order valence-corrected chi connectivity index (χ0v) is 28.1. The summed E-state index contributed by atoms with van der Waals surface area (Å²) in [6, 6.07) is 33.0. The number of hydrogen-bond donors (Lipinski definition) is 0. The molecule has 0 spiro atoms. The molecule has 0 N–H and O–H groups in total. The molecule has 1 aromatic heterocycles. The summed E-state index contributed by atoms with van der Waals surface area (Å²) in [4.78, 5) is 2.30. The lowest BCUT2D eigenvalue weighted by Gasteiger charge is -2.29. The van der Waals surface area contributed by atoms with Gasteiger partial charge in [0.1, 0.15) is 0 Å². The monoisotopic (exact) mass is 622 g/mol. The molecular formula is C46H42N2. The van der Waals surface area contributed by atoms with Gasteiger partial charge in [-0.05, 0) is 96.8 Å². The summed E-state index contributed by atoms with van der Waals surface area (Å²) in [5.41, 5.74) is 11.3. The largest absolute Gasteiger partial charge is 0.311 e. The molecule has 6 rings (SSSR count). The Morgan fingerprint density at radius 2 is 1.35 bits per heavy atom. The second-order valence-electron chi connectivity index (χ2n) is 11.9. The Labute approximate surface area is 285 Å². The third-order valence-electron chi connectivity index (χ3n) is 8.62. The van der Waals surface area contributed by atoms with Crippen LogP contribution in [0.3, 0.4) is 0 Å². The lowest BCUT2D eigenvalue weighted by atomic mass is 9.90. The minimum absolute atomic E-state index is 0.152. The fourth-order valence-corrected chi connectivity index (χ4v) is 6.54. The predicted octanol–water partition coefficient (Wildman–Crippen LogP) is 12.6. The van der Waals surface area contributed by atoms with Crippen molar-refractivity contribution in [3.05, 3.63) is 199 Å². The quantitative estimate of drug-likeness (QED) is 0.149. The normalized spacial score (nSPS) is 15.9. The standard InChI is InChI=1S/C46H42N2/c1-6-9-11-14-21-37-30-36(20-13-10-7-2)31-40(32-37)47-35(5)27-26-34(4)46(45(47)19-8-3)38-28-29-44-42(33-38)41-24-17-18-25-43(41)48(44)39-22-15-12-16-23-39/h6-34H,1,5H2,2-4H3/b10-7-,11-9-,19-8-,20-13-,21-14?. The Morgan fingerprint density at radius 1 is 0.646 bits per heavy atom. The fourth-order valence-electron chi connectivity index (χ4n) is 6.54. The van der Waals surface area contributed by atoms with E-state index in [1.54, 1.807) is 6.08 Å². The molecule has 0 bridgehead atoms. The van der Waals surface area contributed by atoms with Crippen molar-refractivity contribution in [2.45, 2.75) is 20.8 Å². The molecule has 2 heterocycles. The number of rotatable bonds is 9. The number of hydrogen-bond acceptors (Lipinski definition) is 1. The van der Waals surface area contributed by atoms with Gasteiger partial charge >= 0.3 is 0 Å². The van der Waals surface area contributed by atoms with E-state index in [1.807, 2.05) is 25.2 Å². The Kier molecular flexibility index (Phi) is 9.83. The van der Waals surface area contributed by atoms with Gasteiger partial charge in [-0.15, -0.1) is 0 Å². The number of fused-ring (bicyclic) bond motifs is 3. The molecule has 0 fully saturated rings. The smallest absolute Gasteiger partial charge is 0.0541 e. The SMILES string of the molecule is C=C/C=C\C=Cc1cc(/C=C\C=C/C)cc(N2C(=C)C=CC(C)C(c3ccc4c(c3)c3ccccc3n4-c3ccccc3)=C2/C=C\C)c1. The lowest BCUT2D eigenvalue weighted by molar-refractivity contribution is 0.959. The van der Waals surface area contributed by atoms with Gasteiger partial charge < -0.3 is 9.47 Å². The minimum atomic E-state index is 0.152. The van der Waals surface area contributed by atoms with Gasteiger partial charge in [-0.1, -0.05) is 129 Å². The highest BCUT2D eigenvalue weighted by molar-refractivity contribution is 6.10. The molecule has 0 radical (unpaired) electrons. The van der Waals surface area contributed by atoms with Gasteiger partial charge in [-0.2, -0.15) is 0 Å². The first-order valence-corrected chi connectivity index (χ1v) is 16.6. The third kappa shape index (κ3) is 6.52. The summed E-state index contributed by atoms with van der Waals surface area (Å²) in [6.45, 7) is 14.8. The number of nitrogens with zero attached hydrogens (tertiary/aromatic N) is 2. The number of anilines is 1. The lowest BCUT2D eigenvalue weighted by Crippen LogP contribution is -2.20. The van der Waals surface area contributed by atoms with E-state index in [4.69, 9.17) is 0 Å². The Bertz CT molecular complexity index is 2190. The van der Waals surface area contributed by atoms with E-state index < -0.39 is 0 Å². The van der Waals surface area contributed by atoms with Crippen LogP contribution in [0, 0.1) is 5.92 Å². The van der Waals surface area contributed by atoms with Crippen molar-refractivity contribution in [2.24, 2.45) is 5.92 Å². The number of allylic oxidation sites excluding steroid dienone is 12. The van der Waals surface area contributed by atoms with Crippen molar-refractivity contribution in [3.8, 4) is 5.69 Å². The van der Waals surface area contributed by atoms with Crippen LogP contribution < -0.4 is 4.90 Å². The van der Waals surface area contributed by atoms with E-state index in [1.165, 1.54) is 32.9 Å². The highest BCUT2D eigenvalue weighted by Gasteiger charge is 2.25. The van der Waals surface area contributed by atoms with Crippen LogP contribution in [0.25, 0.3) is 45.2 Å². The maximum Gasteiger partial charge on any atom is 0.0541 e. The highest BCUT2D eigenvalue weighted by Crippen LogP contribution is 2.41. The molecule has 1 unspecified atom stereocenters. The van der Waals surface area contributed by atoms with Gasteiger partial charge in [-0.3, -0.25) is 0 Å². The Morgan fingerprint density at radius 3 is 2.08 bits per heavy atom. The summed E-state index contributed by atoms with van der Waals surface area (Å²) in [5, 5.41) is 2.48. The zero-order valence-electron chi connectivity index (χ0n) is 28.1. The van der Waals surface area contributed by atoms with Gasteiger partial charge in [0.15, 0.2) is 0 Å². The Balaban J connectivity index is 1.58. The summed E-state index contributed by atoms with van der Waals surface area (Å²) in [7, 11) is 0. The van der Waals surface area contributed by atoms with Gasteiger partial charge in [0.05, 0.1) is 16.7 Å². The van der Waals surface area contributed by atoms with E-state index in [2.05, 4.69) is 182 Å².